The maximum atomic E-state index is 6.96. The van der Waals surface area contributed by atoms with Crippen LogP contribution in [0.25, 0.3) is 292 Å². The first kappa shape index (κ1) is 84.8. The average molecular weight is 1870 g/mol. The van der Waals surface area contributed by atoms with Crippen molar-refractivity contribution >= 4 is 192 Å². The number of furan rings is 1. The Hall–Kier alpha value is -18.2. The quantitative estimate of drug-likeness (QED) is 0.118. The fourth-order valence-electron chi connectivity index (χ4n) is 23.4. The summed E-state index contributed by atoms with van der Waals surface area (Å²) >= 11 is 3.78. The highest BCUT2D eigenvalue weighted by Crippen LogP contribution is 2.56. The van der Waals surface area contributed by atoms with Gasteiger partial charge in [0, 0.05) is 56.9 Å². The Labute approximate surface area is 846 Å². The van der Waals surface area contributed by atoms with E-state index in [2.05, 4.69) is 534 Å². The standard InChI is InChI=1S/C52H34.C48H30O.C42H24S2/c1-4-16-35(17-5-1)41-29-30-45(47(32-41)36-18-6-2-7-19-36)51-43-26-14-15-27-44(43)52(49-34-40-24-11-10-23-39(40)33-48(49)51)46-31-28-37-20-12-13-25-42(37)50(46)38-21-8-3-9-22-38;1-3-16-32(17-4-1)44-36-22-10-9-15-31(36)27-28-40(44)46-37-23-11-12-24-38(37)47(42-30-35-21-8-7-20-34(35)29-41(42)46)48-45(33-18-5-2-6-19-33)39-25-13-14-26-43(39)49-48;1-2-10-26-22-36-35(21-25(26)9-1)41(27-17-19-31-29-11-5-7-15-37(29)43-39(31)23-27)33-13-3-4-14-34(33)42(36)28-18-20-32-30-12-6-8-16-38(30)44-40(32)24-28/h1-34H;1-30H;1-24H. The van der Waals surface area contributed by atoms with Crippen LogP contribution < -0.4 is 0 Å². The molecule has 145 heavy (non-hydrogen) atoms. The first-order valence-electron chi connectivity index (χ1n) is 49.9. The van der Waals surface area contributed by atoms with Gasteiger partial charge in [0.05, 0.1) is 0 Å². The van der Waals surface area contributed by atoms with E-state index < -0.39 is 0 Å². The van der Waals surface area contributed by atoms with Crippen molar-refractivity contribution in [3.63, 3.8) is 0 Å². The van der Waals surface area contributed by atoms with Crippen molar-refractivity contribution in [2.24, 2.45) is 0 Å². The van der Waals surface area contributed by atoms with E-state index in [1.807, 2.05) is 22.7 Å². The molecule has 0 aliphatic carbocycles. The zero-order valence-corrected chi connectivity index (χ0v) is 80.7. The fourth-order valence-corrected chi connectivity index (χ4v) is 25.7. The van der Waals surface area contributed by atoms with E-state index >= 15 is 0 Å². The molecule has 0 aliphatic rings. The molecule has 0 bridgehead atoms. The van der Waals surface area contributed by atoms with Crippen LogP contribution in [-0.2, 0) is 0 Å². The van der Waals surface area contributed by atoms with Gasteiger partial charge in [0.25, 0.3) is 0 Å². The molecule has 0 spiro atoms. The lowest BCUT2D eigenvalue weighted by Crippen LogP contribution is -1.95. The zero-order chi connectivity index (χ0) is 95.5. The summed E-state index contributed by atoms with van der Waals surface area (Å²) in [5, 5.41) is 33.8. The predicted molar refractivity (Wildman–Crippen MR) is 627 cm³/mol. The minimum absolute atomic E-state index is 0.888. The molecule has 27 aromatic carbocycles. The molecule has 0 saturated heterocycles. The van der Waals surface area contributed by atoms with Crippen LogP contribution in [-0.4, -0.2) is 0 Å². The molecule has 674 valence electrons. The summed E-state index contributed by atoms with van der Waals surface area (Å²) in [6, 6.07) is 196. The second kappa shape index (κ2) is 35.5. The Bertz CT molecular complexity index is 10300. The van der Waals surface area contributed by atoms with Gasteiger partial charge in [-0.3, -0.25) is 0 Å². The normalized spacial score (nSPS) is 11.7. The van der Waals surface area contributed by atoms with Crippen LogP contribution >= 0.6 is 22.7 Å². The maximum absolute atomic E-state index is 6.96. The minimum Gasteiger partial charge on any atom is -0.455 e. The highest BCUT2D eigenvalue weighted by Gasteiger charge is 2.30. The molecule has 30 aromatic rings. The molecule has 3 heterocycles. The highest BCUT2D eigenvalue weighted by atomic mass is 32.1. The highest BCUT2D eigenvalue weighted by molar-refractivity contribution is 7.26. The van der Waals surface area contributed by atoms with Crippen molar-refractivity contribution in [2.45, 2.75) is 0 Å². The lowest BCUT2D eigenvalue weighted by molar-refractivity contribution is 0.634. The van der Waals surface area contributed by atoms with Gasteiger partial charge in [-0.05, 0) is 297 Å². The average Bonchev–Trinajstić information content (AvgIpc) is 1.70. The van der Waals surface area contributed by atoms with Gasteiger partial charge in [0.2, 0.25) is 0 Å². The molecule has 3 heteroatoms. The Morgan fingerprint density at radius 3 is 0.800 bits per heavy atom. The second-order valence-corrected chi connectivity index (χ2v) is 40.2. The molecule has 0 radical (unpaired) electrons. The van der Waals surface area contributed by atoms with Crippen molar-refractivity contribution < 1.29 is 4.42 Å². The van der Waals surface area contributed by atoms with Gasteiger partial charge >= 0.3 is 0 Å². The van der Waals surface area contributed by atoms with Crippen molar-refractivity contribution in [3.8, 4) is 123 Å². The second-order valence-electron chi connectivity index (χ2n) is 38.1. The lowest BCUT2D eigenvalue weighted by Gasteiger charge is -2.23. The Morgan fingerprint density at radius 2 is 0.393 bits per heavy atom. The molecule has 1 nitrogen and oxygen atoms in total. The van der Waals surface area contributed by atoms with Gasteiger partial charge in [-0.25, -0.2) is 0 Å². The largest absolute Gasteiger partial charge is 0.455 e. The number of rotatable bonds is 11. The molecule has 0 N–H and O–H groups in total. The molecular weight excluding hydrogens is 1790 g/mol. The van der Waals surface area contributed by atoms with Gasteiger partial charge in [-0.1, -0.05) is 461 Å². The van der Waals surface area contributed by atoms with E-state index in [-0.39, 0.29) is 0 Å². The summed E-state index contributed by atoms with van der Waals surface area (Å²) in [5.41, 5.74) is 26.7. The summed E-state index contributed by atoms with van der Waals surface area (Å²) in [5.74, 6) is 0.900. The molecule has 0 fully saturated rings. The van der Waals surface area contributed by atoms with Crippen molar-refractivity contribution in [1.29, 1.82) is 0 Å². The minimum atomic E-state index is 0.888. The van der Waals surface area contributed by atoms with Gasteiger partial charge < -0.3 is 4.42 Å². The molecule has 0 atom stereocenters. The first-order valence-corrected chi connectivity index (χ1v) is 51.5. The van der Waals surface area contributed by atoms with E-state index in [0.29, 0.717) is 0 Å². The number of fused-ring (bicyclic) bond motifs is 18. The topological polar surface area (TPSA) is 13.1 Å². The zero-order valence-electron chi connectivity index (χ0n) is 79.0. The van der Waals surface area contributed by atoms with Crippen LogP contribution in [0.15, 0.2) is 538 Å². The SMILES string of the molecule is c1ccc(-c2c(-c3c4ccccc4c(-c4oc5ccccc5c4-c4ccccc4)c4cc5ccccc5cc34)ccc3ccccc23)cc1.c1ccc(-c2ccc(-c3c4ccccc4c(-c4ccc5ccccc5c4-c4ccccc4)c4cc5ccccc5cc34)c(-c3ccccc3)c2)cc1.c1ccc2cc3c(-c4ccc5c(c4)sc4ccccc45)c4ccccc4c(-c4ccc5c(c4)sc4ccccc45)c3cc2c1. The molecule has 0 unspecified atom stereocenters. The Morgan fingerprint density at radius 1 is 0.117 bits per heavy atom. The molecule has 3 aromatic heterocycles. The van der Waals surface area contributed by atoms with E-state index in [1.54, 1.807) is 0 Å². The summed E-state index contributed by atoms with van der Waals surface area (Å²) < 4.78 is 12.3. The number of hydrogen-bond donors (Lipinski definition) is 0. The first-order chi connectivity index (χ1) is 71.9. The van der Waals surface area contributed by atoms with Crippen molar-refractivity contribution in [1.82, 2.24) is 0 Å². The summed E-state index contributed by atoms with van der Waals surface area (Å²) in [4.78, 5) is 0. The van der Waals surface area contributed by atoms with Gasteiger partial charge in [0.15, 0.2) is 0 Å². The monoisotopic (exact) mass is 1870 g/mol. The molecule has 0 amide bonds. The number of hydrogen-bond acceptors (Lipinski definition) is 3. The van der Waals surface area contributed by atoms with Crippen molar-refractivity contribution in [2.75, 3.05) is 0 Å². The molecule has 30 rings (SSSR count). The van der Waals surface area contributed by atoms with Gasteiger partial charge in [0.1, 0.15) is 11.3 Å². The third-order valence-electron chi connectivity index (χ3n) is 29.9. The molecule has 0 aliphatic heterocycles. The van der Waals surface area contributed by atoms with E-state index in [0.717, 1.165) is 33.4 Å². The Balaban J connectivity index is 0.000000106. The lowest BCUT2D eigenvalue weighted by atomic mass is 9.80. The fraction of sp³-hybridized carbons (Fsp3) is 0. The summed E-state index contributed by atoms with van der Waals surface area (Å²) in [6.07, 6.45) is 0. The van der Waals surface area contributed by atoms with Gasteiger partial charge in [-0.15, -0.1) is 22.7 Å². The van der Waals surface area contributed by atoms with Crippen LogP contribution in [0.1, 0.15) is 0 Å². The van der Waals surface area contributed by atoms with Crippen LogP contribution in [0.4, 0.5) is 0 Å². The van der Waals surface area contributed by atoms with E-state index in [1.165, 1.54) is 259 Å². The van der Waals surface area contributed by atoms with E-state index in [9.17, 15) is 0 Å². The third kappa shape index (κ3) is 14.6. The van der Waals surface area contributed by atoms with Crippen LogP contribution in [0.2, 0.25) is 0 Å². The molecule has 0 saturated carbocycles. The predicted octanol–water partition coefficient (Wildman–Crippen LogP) is 41.6. The van der Waals surface area contributed by atoms with Crippen molar-refractivity contribution in [3.05, 3.63) is 534 Å². The number of para-hydroxylation sites is 1. The summed E-state index contributed by atoms with van der Waals surface area (Å²) in [6.45, 7) is 0. The number of benzene rings is 27. The van der Waals surface area contributed by atoms with E-state index in [4.69, 9.17) is 4.42 Å². The molecular formula is C142H88OS2. The van der Waals surface area contributed by atoms with Crippen LogP contribution in [0, 0.1) is 0 Å². The summed E-state index contributed by atoms with van der Waals surface area (Å²) in [7, 11) is 0. The maximum Gasteiger partial charge on any atom is 0.144 e. The van der Waals surface area contributed by atoms with Gasteiger partial charge in [-0.2, -0.15) is 0 Å². The smallest absolute Gasteiger partial charge is 0.144 e. The van der Waals surface area contributed by atoms with Crippen LogP contribution in [0.3, 0.4) is 0 Å². The Kier molecular flexibility index (Phi) is 20.8. The third-order valence-corrected chi connectivity index (χ3v) is 32.2. The number of thiophene rings is 2. The van der Waals surface area contributed by atoms with Crippen LogP contribution in [0.5, 0.6) is 0 Å².